The lowest BCUT2D eigenvalue weighted by Gasteiger charge is -2.12. The molecule has 5 N–H and O–H groups in total. The van der Waals surface area contributed by atoms with Crippen LogP contribution >= 0.6 is 0 Å². The van der Waals surface area contributed by atoms with Gasteiger partial charge in [-0.25, -0.2) is 4.52 Å². The minimum absolute atomic E-state index is 0.196. The molecule has 0 aliphatic heterocycles. The highest BCUT2D eigenvalue weighted by Crippen LogP contribution is 2.39. The van der Waals surface area contributed by atoms with Crippen molar-refractivity contribution in [3.8, 4) is 0 Å². The summed E-state index contributed by atoms with van der Waals surface area (Å²) in [5.41, 5.74) is 1.91. The van der Waals surface area contributed by atoms with Crippen molar-refractivity contribution in [3.05, 3.63) is 30.1 Å². The molecular formula is C15H19N7O2. The third kappa shape index (κ3) is 3.03. The highest BCUT2D eigenvalue weighted by molar-refractivity contribution is 5.69. The van der Waals surface area contributed by atoms with Gasteiger partial charge in [0, 0.05) is 30.4 Å². The lowest BCUT2D eigenvalue weighted by Crippen LogP contribution is -2.23. The average molecular weight is 329 g/mol. The van der Waals surface area contributed by atoms with Crippen molar-refractivity contribution in [1.29, 1.82) is 0 Å². The second-order valence-electron chi connectivity index (χ2n) is 5.95. The number of aliphatic hydroxyl groups is 2. The number of rotatable bonds is 7. The Hall–Kier alpha value is -2.65. The van der Waals surface area contributed by atoms with Gasteiger partial charge in [0.2, 0.25) is 5.95 Å². The van der Waals surface area contributed by atoms with Crippen LogP contribution in [0.3, 0.4) is 0 Å². The zero-order valence-electron chi connectivity index (χ0n) is 13.0. The van der Waals surface area contributed by atoms with E-state index >= 15 is 0 Å². The Morgan fingerprint density at radius 2 is 2.29 bits per heavy atom. The van der Waals surface area contributed by atoms with Gasteiger partial charge in [-0.15, -0.1) is 5.10 Å². The van der Waals surface area contributed by atoms with Gasteiger partial charge in [-0.05, 0) is 25.0 Å². The van der Waals surface area contributed by atoms with Crippen molar-refractivity contribution in [2.75, 3.05) is 23.8 Å². The molecule has 0 aromatic carbocycles. The van der Waals surface area contributed by atoms with Crippen molar-refractivity contribution < 1.29 is 10.2 Å². The molecule has 0 bridgehead atoms. The Morgan fingerprint density at radius 1 is 1.42 bits per heavy atom. The van der Waals surface area contributed by atoms with Gasteiger partial charge in [-0.1, -0.05) is 0 Å². The molecule has 3 heterocycles. The number of aliphatic hydroxyl groups excluding tert-OH is 2. The first kappa shape index (κ1) is 14.9. The summed E-state index contributed by atoms with van der Waals surface area (Å²) >= 11 is 0. The van der Waals surface area contributed by atoms with Crippen LogP contribution in [-0.4, -0.2) is 54.3 Å². The first-order chi connectivity index (χ1) is 11.7. The van der Waals surface area contributed by atoms with Crippen molar-refractivity contribution >= 4 is 23.1 Å². The van der Waals surface area contributed by atoms with Crippen molar-refractivity contribution in [2.24, 2.45) is 0 Å². The maximum Gasteiger partial charge on any atom is 0.248 e. The standard InChI is InChI=1S/C15H19N7O2/c23-8-10(24)7-16-14-12-2-1-5-22(12)21-15(18-14)17-13-6-11(19-20-13)9-3-4-9/h1-2,5-6,9-10,23-24H,3-4,7-8H2,(H3,16,17,18,19,20,21)/t10-/m0/s1. The molecular weight excluding hydrogens is 310 g/mol. The molecule has 4 rings (SSSR count). The molecule has 0 radical (unpaired) electrons. The fourth-order valence-corrected chi connectivity index (χ4v) is 2.52. The van der Waals surface area contributed by atoms with Crippen molar-refractivity contribution in [1.82, 2.24) is 24.8 Å². The van der Waals surface area contributed by atoms with Crippen LogP contribution in [-0.2, 0) is 0 Å². The quantitative estimate of drug-likeness (QED) is 0.435. The fourth-order valence-electron chi connectivity index (χ4n) is 2.52. The summed E-state index contributed by atoms with van der Waals surface area (Å²) in [6, 6.07) is 5.71. The van der Waals surface area contributed by atoms with Gasteiger partial charge < -0.3 is 20.8 Å². The minimum atomic E-state index is -0.848. The topological polar surface area (TPSA) is 123 Å². The van der Waals surface area contributed by atoms with E-state index in [1.54, 1.807) is 4.52 Å². The molecule has 9 nitrogen and oxygen atoms in total. The fraction of sp³-hybridized carbons (Fsp3) is 0.400. The lowest BCUT2D eigenvalue weighted by molar-refractivity contribution is 0.105. The normalized spacial score (nSPS) is 15.6. The number of fused-ring (bicyclic) bond motifs is 1. The predicted octanol–water partition coefficient (Wildman–Crippen LogP) is 0.838. The van der Waals surface area contributed by atoms with Crippen LogP contribution in [0.1, 0.15) is 24.5 Å². The summed E-state index contributed by atoms with van der Waals surface area (Å²) in [7, 11) is 0. The zero-order valence-corrected chi connectivity index (χ0v) is 13.0. The van der Waals surface area contributed by atoms with Crippen LogP contribution in [0.4, 0.5) is 17.6 Å². The van der Waals surface area contributed by atoms with Gasteiger partial charge in [0.15, 0.2) is 11.6 Å². The number of anilines is 3. The lowest BCUT2D eigenvalue weighted by atomic mass is 10.3. The Bertz CT molecular complexity index is 839. The first-order valence-electron chi connectivity index (χ1n) is 7.93. The highest BCUT2D eigenvalue weighted by Gasteiger charge is 2.25. The Labute approximate surface area is 137 Å². The van der Waals surface area contributed by atoms with Crippen LogP contribution in [0.25, 0.3) is 5.52 Å². The van der Waals surface area contributed by atoms with Gasteiger partial charge in [0.25, 0.3) is 0 Å². The molecule has 0 saturated heterocycles. The van der Waals surface area contributed by atoms with E-state index in [0.717, 1.165) is 11.2 Å². The third-order valence-electron chi connectivity index (χ3n) is 3.96. The molecule has 1 fully saturated rings. The number of H-pyrrole nitrogens is 1. The molecule has 0 spiro atoms. The van der Waals surface area contributed by atoms with Gasteiger partial charge in [-0.2, -0.15) is 10.1 Å². The Kier molecular flexibility index (Phi) is 3.79. The molecule has 24 heavy (non-hydrogen) atoms. The third-order valence-corrected chi connectivity index (χ3v) is 3.96. The molecule has 1 aliphatic carbocycles. The molecule has 3 aromatic heterocycles. The number of nitrogens with zero attached hydrogens (tertiary/aromatic N) is 4. The van der Waals surface area contributed by atoms with Gasteiger partial charge >= 0.3 is 0 Å². The first-order valence-corrected chi connectivity index (χ1v) is 7.93. The number of nitrogens with one attached hydrogen (secondary N) is 3. The van der Waals surface area contributed by atoms with Crippen molar-refractivity contribution in [3.63, 3.8) is 0 Å². The van der Waals surface area contributed by atoms with Crippen molar-refractivity contribution in [2.45, 2.75) is 24.9 Å². The number of aromatic amines is 1. The van der Waals surface area contributed by atoms with E-state index in [9.17, 15) is 5.11 Å². The van der Waals surface area contributed by atoms with Gasteiger partial charge in [0.05, 0.1) is 12.7 Å². The SMILES string of the molecule is OC[C@@H](O)CNc1nc(Nc2cc(C3CC3)[nH]n2)nn2cccc12. The average Bonchev–Trinajstić information content (AvgIpc) is 3.14. The van der Waals surface area contributed by atoms with Crippen LogP contribution in [0, 0.1) is 0 Å². The predicted molar refractivity (Wildman–Crippen MR) is 88.4 cm³/mol. The number of hydrogen-bond donors (Lipinski definition) is 5. The Balaban J connectivity index is 1.57. The maximum atomic E-state index is 9.51. The molecule has 1 atom stereocenters. The molecule has 126 valence electrons. The van der Waals surface area contributed by atoms with Crippen LogP contribution in [0.5, 0.6) is 0 Å². The summed E-state index contributed by atoms with van der Waals surface area (Å²) in [6.45, 7) is -0.111. The summed E-state index contributed by atoms with van der Waals surface area (Å²) in [5.74, 6) is 2.24. The second kappa shape index (κ2) is 6.10. The molecule has 9 heteroatoms. The summed E-state index contributed by atoms with van der Waals surface area (Å²) in [6.07, 6.45) is 3.37. The zero-order chi connectivity index (χ0) is 16.5. The van der Waals surface area contributed by atoms with E-state index < -0.39 is 6.10 Å². The minimum Gasteiger partial charge on any atom is -0.394 e. The Morgan fingerprint density at radius 3 is 3.08 bits per heavy atom. The van der Waals surface area contributed by atoms with Crippen LogP contribution in [0.15, 0.2) is 24.4 Å². The van der Waals surface area contributed by atoms with E-state index in [1.165, 1.54) is 12.8 Å². The number of aromatic nitrogens is 5. The van der Waals surface area contributed by atoms with E-state index in [2.05, 4.69) is 30.9 Å². The van der Waals surface area contributed by atoms with Gasteiger partial charge in [-0.3, -0.25) is 5.10 Å². The van der Waals surface area contributed by atoms with E-state index in [-0.39, 0.29) is 13.2 Å². The van der Waals surface area contributed by atoms with Crippen LogP contribution in [0.2, 0.25) is 0 Å². The monoisotopic (exact) mass is 329 g/mol. The van der Waals surface area contributed by atoms with Crippen LogP contribution < -0.4 is 10.6 Å². The van der Waals surface area contributed by atoms with E-state index in [0.29, 0.717) is 23.5 Å². The highest BCUT2D eigenvalue weighted by atomic mass is 16.3. The molecule has 1 aliphatic rings. The second-order valence-corrected chi connectivity index (χ2v) is 5.95. The molecule has 0 unspecified atom stereocenters. The van der Waals surface area contributed by atoms with E-state index in [1.807, 2.05) is 24.4 Å². The number of hydrogen-bond acceptors (Lipinski definition) is 7. The molecule has 0 amide bonds. The summed E-state index contributed by atoms with van der Waals surface area (Å²) < 4.78 is 1.69. The molecule has 3 aromatic rings. The molecule has 1 saturated carbocycles. The smallest absolute Gasteiger partial charge is 0.248 e. The summed E-state index contributed by atoms with van der Waals surface area (Å²) in [4.78, 5) is 4.44. The van der Waals surface area contributed by atoms with E-state index in [4.69, 9.17) is 5.11 Å². The largest absolute Gasteiger partial charge is 0.394 e. The summed E-state index contributed by atoms with van der Waals surface area (Å²) in [5, 5.41) is 36.2. The maximum absolute atomic E-state index is 9.51. The van der Waals surface area contributed by atoms with Gasteiger partial charge in [0.1, 0.15) is 5.52 Å².